The number of imide groups is 1. The normalized spacial score (nSPS) is 21.5. The molecule has 2 amide bonds. The first kappa shape index (κ1) is 14.0. The molecule has 21 heavy (non-hydrogen) atoms. The van der Waals surface area contributed by atoms with Crippen LogP contribution in [0.15, 0.2) is 23.4 Å². The van der Waals surface area contributed by atoms with Crippen molar-refractivity contribution in [1.29, 1.82) is 0 Å². The van der Waals surface area contributed by atoms with Crippen molar-refractivity contribution in [2.45, 2.75) is 31.7 Å². The first-order valence-electron chi connectivity index (χ1n) is 7.05. The summed E-state index contributed by atoms with van der Waals surface area (Å²) in [6.07, 6.45) is 16.0. The van der Waals surface area contributed by atoms with Gasteiger partial charge >= 0.3 is 0 Å². The average Bonchev–Trinajstić information content (AvgIpc) is 3.17. The Morgan fingerprint density at radius 3 is 2.86 bits per heavy atom. The predicted molar refractivity (Wildman–Crippen MR) is 83.4 cm³/mol. The lowest BCUT2D eigenvalue weighted by Gasteiger charge is -2.10. The highest BCUT2D eigenvalue weighted by Crippen LogP contribution is 2.33. The molecule has 108 valence electrons. The second kappa shape index (κ2) is 5.82. The Kier molecular flexibility index (Phi) is 3.89. The van der Waals surface area contributed by atoms with Gasteiger partial charge in [-0.05, 0) is 42.3 Å². The summed E-state index contributed by atoms with van der Waals surface area (Å²) < 4.78 is 2.21. The molecule has 0 atom stereocenters. The maximum atomic E-state index is 12.1. The van der Waals surface area contributed by atoms with Crippen molar-refractivity contribution in [3.63, 3.8) is 0 Å². The Balaban J connectivity index is 1.78. The minimum Gasteiger partial charge on any atom is -0.351 e. The standard InChI is InChI=1S/C16H16N2O2S/c1-2-8-18-15(19)14(21-16(18)20)10-12-7-9-17(11-12)13-5-3-4-6-13/h1,7,9-11,13H,3-6,8H2/b14-10+. The van der Waals surface area contributed by atoms with Crippen LogP contribution in [0.1, 0.15) is 37.3 Å². The lowest BCUT2D eigenvalue weighted by Crippen LogP contribution is -2.28. The number of hydrogen-bond donors (Lipinski definition) is 0. The summed E-state index contributed by atoms with van der Waals surface area (Å²) in [6, 6.07) is 2.55. The van der Waals surface area contributed by atoms with Gasteiger partial charge in [0.05, 0.1) is 11.4 Å². The monoisotopic (exact) mass is 300 g/mol. The van der Waals surface area contributed by atoms with Crippen LogP contribution in [-0.2, 0) is 4.79 Å². The van der Waals surface area contributed by atoms with E-state index in [0.717, 1.165) is 22.2 Å². The SMILES string of the molecule is C#CCN1C(=O)S/C(=C/c2ccn(C3CCCC3)c2)C1=O. The molecule has 0 spiro atoms. The molecule has 0 unspecified atom stereocenters. The smallest absolute Gasteiger partial charge is 0.294 e. The summed E-state index contributed by atoms with van der Waals surface area (Å²) >= 11 is 0.952. The van der Waals surface area contributed by atoms with Crippen LogP contribution < -0.4 is 0 Å². The molecule has 2 heterocycles. The second-order valence-electron chi connectivity index (χ2n) is 5.30. The fourth-order valence-electron chi connectivity index (χ4n) is 2.82. The molecule has 1 aliphatic carbocycles. The number of amides is 2. The van der Waals surface area contributed by atoms with E-state index < -0.39 is 0 Å². The lowest BCUT2D eigenvalue weighted by atomic mass is 10.2. The van der Waals surface area contributed by atoms with Crippen LogP contribution in [0.2, 0.25) is 0 Å². The van der Waals surface area contributed by atoms with Gasteiger partial charge < -0.3 is 4.57 Å². The van der Waals surface area contributed by atoms with E-state index in [9.17, 15) is 9.59 Å². The van der Waals surface area contributed by atoms with Gasteiger partial charge in [-0.3, -0.25) is 14.5 Å². The van der Waals surface area contributed by atoms with Crippen molar-refractivity contribution in [2.24, 2.45) is 0 Å². The highest BCUT2D eigenvalue weighted by molar-refractivity contribution is 8.18. The third-order valence-electron chi connectivity index (χ3n) is 3.90. The van der Waals surface area contributed by atoms with Crippen molar-refractivity contribution >= 4 is 29.0 Å². The van der Waals surface area contributed by atoms with Crippen molar-refractivity contribution < 1.29 is 9.59 Å². The fraction of sp³-hybridized carbons (Fsp3) is 0.375. The van der Waals surface area contributed by atoms with Gasteiger partial charge in [-0.1, -0.05) is 18.8 Å². The third-order valence-corrected chi connectivity index (χ3v) is 4.81. The number of thioether (sulfide) groups is 1. The zero-order valence-electron chi connectivity index (χ0n) is 11.6. The molecule has 2 fully saturated rings. The van der Waals surface area contributed by atoms with E-state index >= 15 is 0 Å². The van der Waals surface area contributed by atoms with Crippen LogP contribution >= 0.6 is 11.8 Å². The number of carbonyl (C=O) groups excluding carboxylic acids is 2. The molecule has 0 aromatic carbocycles. The largest absolute Gasteiger partial charge is 0.351 e. The molecule has 1 aliphatic heterocycles. The van der Waals surface area contributed by atoms with Gasteiger partial charge in [0.25, 0.3) is 11.1 Å². The first-order chi connectivity index (χ1) is 10.2. The van der Waals surface area contributed by atoms with Gasteiger partial charge in [-0.15, -0.1) is 6.42 Å². The molecule has 1 aromatic rings. The van der Waals surface area contributed by atoms with E-state index in [1.165, 1.54) is 25.7 Å². The first-order valence-corrected chi connectivity index (χ1v) is 7.87. The summed E-state index contributed by atoms with van der Waals surface area (Å²) in [5.74, 6) is 2.04. The Hall–Kier alpha value is -1.93. The molecule has 3 rings (SSSR count). The Labute approximate surface area is 128 Å². The van der Waals surface area contributed by atoms with E-state index in [-0.39, 0.29) is 17.7 Å². The van der Waals surface area contributed by atoms with Crippen molar-refractivity contribution in [3.8, 4) is 12.3 Å². The van der Waals surface area contributed by atoms with E-state index in [1.807, 2.05) is 18.5 Å². The quantitative estimate of drug-likeness (QED) is 0.635. The molecule has 5 heteroatoms. The summed E-state index contributed by atoms with van der Waals surface area (Å²) in [4.78, 5) is 25.3. The molecule has 1 saturated carbocycles. The van der Waals surface area contributed by atoms with Gasteiger partial charge in [0.15, 0.2) is 0 Å². The summed E-state index contributed by atoms with van der Waals surface area (Å²) in [6.45, 7) is 0.0328. The molecule has 0 radical (unpaired) electrons. The van der Waals surface area contributed by atoms with Crippen LogP contribution in [-0.4, -0.2) is 27.2 Å². The van der Waals surface area contributed by atoms with Gasteiger partial charge in [-0.2, -0.15) is 0 Å². The summed E-state index contributed by atoms with van der Waals surface area (Å²) in [7, 11) is 0. The van der Waals surface area contributed by atoms with E-state index in [1.54, 1.807) is 6.08 Å². The minimum atomic E-state index is -0.295. The van der Waals surface area contributed by atoms with E-state index in [4.69, 9.17) is 6.42 Å². The van der Waals surface area contributed by atoms with Crippen LogP contribution in [0.4, 0.5) is 4.79 Å². The molecule has 2 aliphatic rings. The summed E-state index contributed by atoms with van der Waals surface area (Å²) in [5, 5.41) is -0.292. The minimum absolute atomic E-state index is 0.0328. The maximum Gasteiger partial charge on any atom is 0.294 e. The van der Waals surface area contributed by atoms with Gasteiger partial charge in [0.1, 0.15) is 0 Å². The van der Waals surface area contributed by atoms with Gasteiger partial charge in [0.2, 0.25) is 0 Å². The van der Waals surface area contributed by atoms with Crippen molar-refractivity contribution in [3.05, 3.63) is 28.9 Å². The highest BCUT2D eigenvalue weighted by Gasteiger charge is 2.34. The van der Waals surface area contributed by atoms with Crippen LogP contribution in [0, 0.1) is 12.3 Å². The molecular formula is C16H16N2O2S. The van der Waals surface area contributed by atoms with Crippen LogP contribution in [0.25, 0.3) is 6.08 Å². The molecular weight excluding hydrogens is 284 g/mol. The average molecular weight is 300 g/mol. The van der Waals surface area contributed by atoms with E-state index in [2.05, 4.69) is 10.5 Å². The zero-order valence-corrected chi connectivity index (χ0v) is 12.4. The van der Waals surface area contributed by atoms with Gasteiger partial charge in [0, 0.05) is 18.4 Å². The van der Waals surface area contributed by atoms with Crippen LogP contribution in [0.5, 0.6) is 0 Å². The summed E-state index contributed by atoms with van der Waals surface area (Å²) in [5.41, 5.74) is 0.952. The molecule has 0 bridgehead atoms. The number of hydrogen-bond acceptors (Lipinski definition) is 3. The molecule has 1 saturated heterocycles. The number of aromatic nitrogens is 1. The van der Waals surface area contributed by atoms with Crippen molar-refractivity contribution in [2.75, 3.05) is 6.54 Å². The second-order valence-corrected chi connectivity index (χ2v) is 6.30. The number of carbonyl (C=O) groups is 2. The Morgan fingerprint density at radius 1 is 1.38 bits per heavy atom. The molecule has 0 N–H and O–H groups in total. The van der Waals surface area contributed by atoms with Crippen LogP contribution in [0.3, 0.4) is 0 Å². The van der Waals surface area contributed by atoms with Gasteiger partial charge in [-0.25, -0.2) is 0 Å². The predicted octanol–water partition coefficient (Wildman–Crippen LogP) is 3.27. The number of nitrogens with zero attached hydrogens (tertiary/aromatic N) is 2. The Bertz CT molecular complexity index is 647. The Morgan fingerprint density at radius 2 is 2.14 bits per heavy atom. The third kappa shape index (κ3) is 2.77. The number of terminal acetylenes is 1. The molecule has 1 aromatic heterocycles. The lowest BCUT2D eigenvalue weighted by molar-refractivity contribution is -0.122. The van der Waals surface area contributed by atoms with Crippen molar-refractivity contribution in [1.82, 2.24) is 9.47 Å². The zero-order chi connectivity index (χ0) is 14.8. The van der Waals surface area contributed by atoms with E-state index in [0.29, 0.717) is 10.9 Å². The molecule has 4 nitrogen and oxygen atoms in total. The topological polar surface area (TPSA) is 42.3 Å². The highest BCUT2D eigenvalue weighted by atomic mass is 32.2. The maximum absolute atomic E-state index is 12.1. The number of rotatable bonds is 3. The fourth-order valence-corrected chi connectivity index (χ4v) is 3.66.